The van der Waals surface area contributed by atoms with E-state index in [-0.39, 0.29) is 12.0 Å². The lowest BCUT2D eigenvalue weighted by atomic mass is 9.86. The Morgan fingerprint density at radius 2 is 1.71 bits per heavy atom. The average molecular weight is 417 g/mol. The van der Waals surface area contributed by atoms with Gasteiger partial charge in [-0.25, -0.2) is 0 Å². The molecular weight excluding hydrogens is 394 g/mol. The number of likely N-dealkylation sites (tertiary alicyclic amines) is 1. The van der Waals surface area contributed by atoms with Crippen LogP contribution in [0.25, 0.3) is 0 Å². The quantitative estimate of drug-likeness (QED) is 0.643. The summed E-state index contributed by atoms with van der Waals surface area (Å²) >= 11 is 0. The summed E-state index contributed by atoms with van der Waals surface area (Å²) in [6, 6.07) is 15.5. The molecule has 2 aliphatic heterocycles. The number of para-hydroxylation sites is 2. The SMILES string of the molecule is COc1cncc(OC2CCCN(C(=O)C3c4ccccc4Oc4ccccc43)C2)n1. The Balaban J connectivity index is 1.39. The lowest BCUT2D eigenvalue weighted by molar-refractivity contribution is -0.134. The molecule has 1 atom stereocenters. The molecule has 0 radical (unpaired) electrons. The van der Waals surface area contributed by atoms with Gasteiger partial charge in [0.05, 0.1) is 32.0 Å². The lowest BCUT2D eigenvalue weighted by Crippen LogP contribution is -2.46. The van der Waals surface area contributed by atoms with E-state index in [2.05, 4.69) is 9.97 Å². The number of rotatable bonds is 4. The molecule has 0 N–H and O–H groups in total. The van der Waals surface area contributed by atoms with Crippen molar-refractivity contribution in [3.05, 3.63) is 72.1 Å². The van der Waals surface area contributed by atoms with Crippen molar-refractivity contribution < 1.29 is 19.0 Å². The first-order valence-electron chi connectivity index (χ1n) is 10.4. The van der Waals surface area contributed by atoms with Gasteiger partial charge in [-0.05, 0) is 25.0 Å². The molecule has 0 saturated carbocycles. The zero-order valence-corrected chi connectivity index (χ0v) is 17.2. The third-order valence-corrected chi connectivity index (χ3v) is 5.70. The predicted octanol–water partition coefficient (Wildman–Crippen LogP) is 3.79. The van der Waals surface area contributed by atoms with Gasteiger partial charge < -0.3 is 19.1 Å². The highest BCUT2D eigenvalue weighted by atomic mass is 16.5. The minimum absolute atomic E-state index is 0.0632. The van der Waals surface area contributed by atoms with Crippen LogP contribution in [0.2, 0.25) is 0 Å². The highest BCUT2D eigenvalue weighted by Crippen LogP contribution is 2.44. The Kier molecular flexibility index (Phi) is 5.16. The van der Waals surface area contributed by atoms with Gasteiger partial charge in [-0.1, -0.05) is 36.4 Å². The maximum Gasteiger partial charge on any atom is 0.235 e. The number of ether oxygens (including phenoxy) is 3. The predicted molar refractivity (Wildman–Crippen MR) is 114 cm³/mol. The standard InChI is InChI=1S/C24H23N3O4/c1-29-21-13-25-14-22(26-21)30-16-7-6-12-27(15-16)24(28)23-17-8-2-4-10-19(17)31-20-11-5-3-9-18(20)23/h2-5,8-11,13-14,16,23H,6-7,12,15H2,1H3. The van der Waals surface area contributed by atoms with Crippen molar-refractivity contribution in [2.75, 3.05) is 20.2 Å². The number of fused-ring (bicyclic) bond motifs is 2. The van der Waals surface area contributed by atoms with Crippen molar-refractivity contribution >= 4 is 5.91 Å². The monoisotopic (exact) mass is 417 g/mol. The van der Waals surface area contributed by atoms with E-state index in [4.69, 9.17) is 14.2 Å². The molecule has 3 heterocycles. The largest absolute Gasteiger partial charge is 0.480 e. The molecule has 5 rings (SSSR count). The number of nitrogens with zero attached hydrogens (tertiary/aromatic N) is 3. The second-order valence-electron chi connectivity index (χ2n) is 7.68. The van der Waals surface area contributed by atoms with Crippen molar-refractivity contribution in [1.29, 1.82) is 0 Å². The first kappa shape index (κ1) is 19.4. The molecule has 158 valence electrons. The van der Waals surface area contributed by atoms with Crippen LogP contribution < -0.4 is 14.2 Å². The Morgan fingerprint density at radius 3 is 2.42 bits per heavy atom. The van der Waals surface area contributed by atoms with E-state index < -0.39 is 5.92 Å². The summed E-state index contributed by atoms with van der Waals surface area (Å²) in [5, 5.41) is 0. The molecule has 1 amide bonds. The molecule has 1 saturated heterocycles. The molecule has 1 unspecified atom stereocenters. The van der Waals surface area contributed by atoms with E-state index in [9.17, 15) is 4.79 Å². The summed E-state index contributed by atoms with van der Waals surface area (Å²) in [6.07, 6.45) is 4.66. The first-order valence-corrected chi connectivity index (χ1v) is 10.4. The van der Waals surface area contributed by atoms with Gasteiger partial charge >= 0.3 is 0 Å². The van der Waals surface area contributed by atoms with Crippen LogP contribution in [-0.4, -0.2) is 47.1 Å². The van der Waals surface area contributed by atoms with Crippen molar-refractivity contribution in [1.82, 2.24) is 14.9 Å². The maximum atomic E-state index is 13.7. The van der Waals surface area contributed by atoms with E-state index >= 15 is 0 Å². The van der Waals surface area contributed by atoms with Crippen LogP contribution >= 0.6 is 0 Å². The molecule has 1 aromatic heterocycles. The number of carbonyl (C=O) groups excluding carboxylic acids is 1. The van der Waals surface area contributed by atoms with Crippen molar-refractivity contribution in [2.24, 2.45) is 0 Å². The fourth-order valence-corrected chi connectivity index (χ4v) is 4.25. The van der Waals surface area contributed by atoms with Crippen LogP contribution in [0.1, 0.15) is 29.9 Å². The number of carbonyl (C=O) groups is 1. The Bertz CT molecular complexity index is 1060. The highest BCUT2D eigenvalue weighted by Gasteiger charge is 2.37. The third-order valence-electron chi connectivity index (χ3n) is 5.70. The van der Waals surface area contributed by atoms with Crippen LogP contribution in [0.4, 0.5) is 0 Å². The Hall–Kier alpha value is -3.61. The zero-order chi connectivity index (χ0) is 21.2. The fourth-order valence-electron chi connectivity index (χ4n) is 4.25. The Labute approximate surface area is 180 Å². The number of benzene rings is 2. The molecule has 0 aliphatic carbocycles. The summed E-state index contributed by atoms with van der Waals surface area (Å²) in [6.45, 7) is 1.20. The molecule has 1 fully saturated rings. The van der Waals surface area contributed by atoms with Gasteiger partial charge in [0, 0.05) is 17.7 Å². The normalized spacial score (nSPS) is 17.8. The number of hydrogen-bond acceptors (Lipinski definition) is 6. The third kappa shape index (κ3) is 3.79. The van der Waals surface area contributed by atoms with E-state index in [0.717, 1.165) is 35.5 Å². The lowest BCUT2D eigenvalue weighted by Gasteiger charge is -2.36. The molecule has 0 bridgehead atoms. The summed E-state index contributed by atoms with van der Waals surface area (Å²) in [5.74, 6) is 1.94. The summed E-state index contributed by atoms with van der Waals surface area (Å²) in [5.41, 5.74) is 1.79. The fraction of sp³-hybridized carbons (Fsp3) is 0.292. The zero-order valence-electron chi connectivity index (χ0n) is 17.2. The van der Waals surface area contributed by atoms with Gasteiger partial charge in [-0.2, -0.15) is 4.98 Å². The van der Waals surface area contributed by atoms with E-state index in [1.807, 2.05) is 53.4 Å². The number of piperidine rings is 1. The summed E-state index contributed by atoms with van der Waals surface area (Å²) in [4.78, 5) is 24.0. The molecule has 7 heteroatoms. The number of hydrogen-bond donors (Lipinski definition) is 0. The van der Waals surface area contributed by atoms with Crippen molar-refractivity contribution in [3.63, 3.8) is 0 Å². The van der Waals surface area contributed by atoms with Crippen molar-refractivity contribution in [2.45, 2.75) is 24.9 Å². The molecular formula is C24H23N3O4. The topological polar surface area (TPSA) is 73.8 Å². The van der Waals surface area contributed by atoms with Crippen LogP contribution in [0, 0.1) is 0 Å². The molecule has 31 heavy (non-hydrogen) atoms. The number of amides is 1. The molecule has 2 aromatic carbocycles. The van der Waals surface area contributed by atoms with E-state index in [1.165, 1.54) is 6.20 Å². The molecule has 3 aromatic rings. The van der Waals surface area contributed by atoms with Crippen LogP contribution in [0.15, 0.2) is 60.9 Å². The number of methoxy groups -OCH3 is 1. The second kappa shape index (κ2) is 8.26. The van der Waals surface area contributed by atoms with Crippen molar-refractivity contribution in [3.8, 4) is 23.3 Å². The van der Waals surface area contributed by atoms with Gasteiger partial charge in [0.25, 0.3) is 0 Å². The van der Waals surface area contributed by atoms with E-state index in [0.29, 0.717) is 24.8 Å². The summed E-state index contributed by atoms with van der Waals surface area (Å²) < 4.78 is 17.2. The van der Waals surface area contributed by atoms with Gasteiger partial charge in [-0.3, -0.25) is 9.78 Å². The minimum atomic E-state index is -0.392. The summed E-state index contributed by atoms with van der Waals surface area (Å²) in [7, 11) is 1.54. The van der Waals surface area contributed by atoms with Crippen LogP contribution in [0.5, 0.6) is 23.3 Å². The van der Waals surface area contributed by atoms with Gasteiger partial charge in [-0.15, -0.1) is 0 Å². The van der Waals surface area contributed by atoms with Gasteiger partial charge in [0.2, 0.25) is 17.7 Å². The minimum Gasteiger partial charge on any atom is -0.480 e. The molecule has 2 aliphatic rings. The highest BCUT2D eigenvalue weighted by molar-refractivity contribution is 5.89. The van der Waals surface area contributed by atoms with E-state index in [1.54, 1.807) is 13.3 Å². The smallest absolute Gasteiger partial charge is 0.235 e. The van der Waals surface area contributed by atoms with Gasteiger partial charge in [0.1, 0.15) is 17.6 Å². The second-order valence-corrected chi connectivity index (χ2v) is 7.68. The van der Waals surface area contributed by atoms with Crippen LogP contribution in [-0.2, 0) is 4.79 Å². The molecule has 0 spiro atoms. The van der Waals surface area contributed by atoms with Crippen LogP contribution in [0.3, 0.4) is 0 Å². The number of aromatic nitrogens is 2. The van der Waals surface area contributed by atoms with Gasteiger partial charge in [0.15, 0.2) is 0 Å². The Morgan fingerprint density at radius 1 is 1.03 bits per heavy atom. The maximum absolute atomic E-state index is 13.7. The average Bonchev–Trinajstić information content (AvgIpc) is 2.82. The molecule has 7 nitrogen and oxygen atoms in total. The first-order chi connectivity index (χ1) is 15.2.